The van der Waals surface area contributed by atoms with Gasteiger partial charge in [0.05, 0.1) is 6.20 Å². The Kier molecular flexibility index (Phi) is 1.20. The molecule has 0 atom stereocenters. The summed E-state index contributed by atoms with van der Waals surface area (Å²) in [6, 6.07) is 0.596. The van der Waals surface area contributed by atoms with Crippen LogP contribution in [0.15, 0.2) is 6.20 Å². The summed E-state index contributed by atoms with van der Waals surface area (Å²) in [5.74, 6) is 0.720. The quantitative estimate of drug-likeness (QED) is 0.613. The minimum Gasteiger partial charge on any atom is -0.364 e. The highest BCUT2D eigenvalue weighted by atomic mass is 15.4. The molecule has 0 spiro atoms. The second-order valence-electron chi connectivity index (χ2n) is 2.33. The highest BCUT2D eigenvalue weighted by Gasteiger charge is 2.21. The Hall–Kier alpha value is -1.26. The van der Waals surface area contributed by atoms with Crippen molar-refractivity contribution in [3.63, 3.8) is 0 Å². The monoisotopic (exact) mass is 137 g/mol. The van der Waals surface area contributed by atoms with Gasteiger partial charge in [-0.25, -0.2) is 0 Å². The van der Waals surface area contributed by atoms with Crippen LogP contribution in [0.2, 0.25) is 0 Å². The van der Waals surface area contributed by atoms with Gasteiger partial charge in [-0.05, 0) is 23.3 Å². The van der Waals surface area contributed by atoms with Gasteiger partial charge in [-0.1, -0.05) is 0 Å². The average Bonchev–Trinajstić information content (AvgIpc) is 2.74. The van der Waals surface area contributed by atoms with Crippen molar-refractivity contribution in [3.8, 4) is 0 Å². The Balaban J connectivity index is 2.03. The zero-order chi connectivity index (χ0) is 6.81. The van der Waals surface area contributed by atoms with Crippen LogP contribution >= 0.6 is 0 Å². The molecular formula is C5H7N5. The lowest BCUT2D eigenvalue weighted by atomic mass is 10.6. The normalized spacial score (nSPS) is 16.8. The van der Waals surface area contributed by atoms with E-state index in [-0.39, 0.29) is 0 Å². The SMILES string of the molecule is c1nnnnc1NC1CC1. The van der Waals surface area contributed by atoms with Crippen LogP contribution in [0.4, 0.5) is 5.82 Å². The average molecular weight is 137 g/mol. The van der Waals surface area contributed by atoms with E-state index < -0.39 is 0 Å². The fourth-order valence-corrected chi connectivity index (χ4v) is 0.701. The van der Waals surface area contributed by atoms with Crippen molar-refractivity contribution in [2.24, 2.45) is 0 Å². The maximum Gasteiger partial charge on any atom is 0.171 e. The number of hydrogen-bond acceptors (Lipinski definition) is 5. The predicted molar refractivity (Wildman–Crippen MR) is 34.3 cm³/mol. The van der Waals surface area contributed by atoms with Crippen LogP contribution in [-0.4, -0.2) is 26.7 Å². The molecule has 0 amide bonds. The van der Waals surface area contributed by atoms with Crippen LogP contribution in [0.5, 0.6) is 0 Å². The van der Waals surface area contributed by atoms with Gasteiger partial charge in [0.1, 0.15) is 0 Å². The van der Waals surface area contributed by atoms with Gasteiger partial charge in [-0.2, -0.15) is 0 Å². The van der Waals surface area contributed by atoms with E-state index in [2.05, 4.69) is 25.9 Å². The molecule has 2 rings (SSSR count). The lowest BCUT2D eigenvalue weighted by molar-refractivity contribution is 0.762. The summed E-state index contributed by atoms with van der Waals surface area (Å²) in [5, 5.41) is 17.2. The highest BCUT2D eigenvalue weighted by Crippen LogP contribution is 2.22. The van der Waals surface area contributed by atoms with Crippen molar-refractivity contribution in [1.82, 2.24) is 20.6 Å². The summed E-state index contributed by atoms with van der Waals surface area (Å²) in [6.07, 6.45) is 4.03. The maximum atomic E-state index is 3.72. The Morgan fingerprint density at radius 1 is 1.40 bits per heavy atom. The van der Waals surface area contributed by atoms with Gasteiger partial charge >= 0.3 is 0 Å². The number of hydrogen-bond donors (Lipinski definition) is 1. The first-order chi connectivity index (χ1) is 4.95. The molecule has 5 nitrogen and oxygen atoms in total. The fourth-order valence-electron chi connectivity index (χ4n) is 0.701. The van der Waals surface area contributed by atoms with Crippen LogP contribution in [-0.2, 0) is 0 Å². The van der Waals surface area contributed by atoms with Crippen molar-refractivity contribution in [1.29, 1.82) is 0 Å². The molecule has 0 aromatic carbocycles. The summed E-state index contributed by atoms with van der Waals surface area (Å²) < 4.78 is 0. The first kappa shape index (κ1) is 5.52. The largest absolute Gasteiger partial charge is 0.364 e. The molecule has 1 aliphatic rings. The van der Waals surface area contributed by atoms with E-state index >= 15 is 0 Å². The Morgan fingerprint density at radius 3 is 2.90 bits per heavy atom. The van der Waals surface area contributed by atoms with Crippen molar-refractivity contribution in [3.05, 3.63) is 6.20 Å². The number of nitrogens with one attached hydrogen (secondary N) is 1. The van der Waals surface area contributed by atoms with Crippen LogP contribution in [0, 0.1) is 0 Å². The molecule has 52 valence electrons. The molecule has 1 aromatic heterocycles. The molecular weight excluding hydrogens is 130 g/mol. The molecule has 0 saturated heterocycles. The predicted octanol–water partition coefficient (Wildman–Crippen LogP) is -0.159. The number of nitrogens with zero attached hydrogens (tertiary/aromatic N) is 4. The molecule has 1 aliphatic carbocycles. The molecule has 5 heteroatoms. The third kappa shape index (κ3) is 1.18. The van der Waals surface area contributed by atoms with Crippen molar-refractivity contribution < 1.29 is 0 Å². The van der Waals surface area contributed by atoms with Gasteiger partial charge < -0.3 is 5.32 Å². The number of anilines is 1. The molecule has 1 aromatic rings. The van der Waals surface area contributed by atoms with Crippen molar-refractivity contribution in [2.45, 2.75) is 18.9 Å². The second kappa shape index (κ2) is 2.17. The lowest BCUT2D eigenvalue weighted by Gasteiger charge is -1.97. The van der Waals surface area contributed by atoms with E-state index in [1.165, 1.54) is 12.8 Å². The zero-order valence-electron chi connectivity index (χ0n) is 5.36. The third-order valence-electron chi connectivity index (χ3n) is 1.35. The molecule has 0 unspecified atom stereocenters. The van der Waals surface area contributed by atoms with Gasteiger partial charge in [0.25, 0.3) is 0 Å². The van der Waals surface area contributed by atoms with E-state index in [1.54, 1.807) is 6.20 Å². The van der Waals surface area contributed by atoms with Crippen LogP contribution in [0.3, 0.4) is 0 Å². The topological polar surface area (TPSA) is 63.6 Å². The summed E-state index contributed by atoms with van der Waals surface area (Å²) >= 11 is 0. The van der Waals surface area contributed by atoms with E-state index in [9.17, 15) is 0 Å². The summed E-state index contributed by atoms with van der Waals surface area (Å²) in [7, 11) is 0. The molecule has 1 saturated carbocycles. The Labute approximate surface area is 57.9 Å². The zero-order valence-corrected chi connectivity index (χ0v) is 5.36. The van der Waals surface area contributed by atoms with E-state index in [4.69, 9.17) is 0 Å². The van der Waals surface area contributed by atoms with Crippen LogP contribution in [0.25, 0.3) is 0 Å². The molecule has 0 radical (unpaired) electrons. The Morgan fingerprint density at radius 2 is 2.30 bits per heavy atom. The van der Waals surface area contributed by atoms with Crippen LogP contribution < -0.4 is 5.32 Å². The molecule has 0 bridgehead atoms. The summed E-state index contributed by atoms with van der Waals surface area (Å²) in [6.45, 7) is 0. The second-order valence-corrected chi connectivity index (χ2v) is 2.33. The Bertz CT molecular complexity index is 207. The highest BCUT2D eigenvalue weighted by molar-refractivity contribution is 5.31. The van der Waals surface area contributed by atoms with E-state index in [0.717, 1.165) is 5.82 Å². The minimum absolute atomic E-state index is 0.596. The first-order valence-corrected chi connectivity index (χ1v) is 3.23. The summed E-state index contributed by atoms with van der Waals surface area (Å²) in [5.41, 5.74) is 0. The molecule has 10 heavy (non-hydrogen) atoms. The van der Waals surface area contributed by atoms with Gasteiger partial charge in [-0.3, -0.25) is 0 Å². The van der Waals surface area contributed by atoms with E-state index in [1.807, 2.05) is 0 Å². The van der Waals surface area contributed by atoms with Gasteiger partial charge in [0.15, 0.2) is 5.82 Å². The van der Waals surface area contributed by atoms with Crippen molar-refractivity contribution in [2.75, 3.05) is 5.32 Å². The smallest absolute Gasteiger partial charge is 0.171 e. The van der Waals surface area contributed by atoms with Crippen LogP contribution in [0.1, 0.15) is 12.8 Å². The third-order valence-corrected chi connectivity index (χ3v) is 1.35. The number of aromatic nitrogens is 4. The van der Waals surface area contributed by atoms with Gasteiger partial charge in [0.2, 0.25) is 0 Å². The lowest BCUT2D eigenvalue weighted by Crippen LogP contribution is -2.05. The fraction of sp³-hybridized carbons (Fsp3) is 0.600. The molecule has 1 N–H and O–H groups in total. The summed E-state index contributed by atoms with van der Waals surface area (Å²) in [4.78, 5) is 0. The first-order valence-electron chi connectivity index (χ1n) is 3.23. The molecule has 0 aliphatic heterocycles. The van der Waals surface area contributed by atoms with Crippen molar-refractivity contribution >= 4 is 5.82 Å². The minimum atomic E-state index is 0.596. The van der Waals surface area contributed by atoms with Gasteiger partial charge in [0, 0.05) is 6.04 Å². The molecule has 1 fully saturated rings. The molecule has 1 heterocycles. The maximum absolute atomic E-state index is 3.72. The number of rotatable bonds is 2. The van der Waals surface area contributed by atoms with E-state index in [0.29, 0.717) is 6.04 Å². The standard InChI is InChI=1S/C5H7N5/c1-2-4(1)7-5-3-6-9-10-8-5/h3-4H,1-2H2,(H,7,8,9). The van der Waals surface area contributed by atoms with Gasteiger partial charge in [-0.15, -0.1) is 10.2 Å².